The fraction of sp³-hybridized carbons (Fsp3) is 0.167. The highest BCUT2D eigenvalue weighted by molar-refractivity contribution is 6.30. The van der Waals surface area contributed by atoms with Gasteiger partial charge in [-0.1, -0.05) is 23.7 Å². The average Bonchev–Trinajstić information content (AvgIpc) is 2.90. The Hall–Kier alpha value is -3.38. The van der Waals surface area contributed by atoms with Gasteiger partial charge in [0.15, 0.2) is 0 Å². The van der Waals surface area contributed by atoms with Crippen molar-refractivity contribution in [3.63, 3.8) is 0 Å². The predicted octanol–water partition coefficient (Wildman–Crippen LogP) is 5.06. The van der Waals surface area contributed by atoms with E-state index in [1.807, 2.05) is 6.92 Å². The van der Waals surface area contributed by atoms with Crippen molar-refractivity contribution in [1.82, 2.24) is 4.90 Å². The van der Waals surface area contributed by atoms with Crippen molar-refractivity contribution >= 4 is 29.1 Å². The zero-order chi connectivity index (χ0) is 22.0. The number of nitrogens with one attached hydrogen (secondary N) is 1. The van der Waals surface area contributed by atoms with Gasteiger partial charge in [0.1, 0.15) is 18.1 Å². The van der Waals surface area contributed by atoms with Gasteiger partial charge in [-0.05, 0) is 67.1 Å². The molecular weight excluding hydrogens is 419 g/mol. The molecule has 0 fully saturated rings. The topological polar surface area (TPSA) is 58.6 Å². The first kappa shape index (κ1) is 20.9. The Bertz CT molecular complexity index is 1120. The second-order valence-electron chi connectivity index (χ2n) is 7.12. The molecule has 5 nitrogen and oxygen atoms in total. The third-order valence-corrected chi connectivity index (χ3v) is 5.30. The molecule has 0 unspecified atom stereocenters. The molecule has 7 heteroatoms. The van der Waals surface area contributed by atoms with Crippen molar-refractivity contribution in [1.29, 1.82) is 0 Å². The van der Waals surface area contributed by atoms with E-state index in [9.17, 15) is 14.0 Å². The van der Waals surface area contributed by atoms with Crippen molar-refractivity contribution in [2.24, 2.45) is 0 Å². The van der Waals surface area contributed by atoms with Crippen LogP contribution in [0.5, 0.6) is 5.75 Å². The predicted molar refractivity (Wildman–Crippen MR) is 117 cm³/mol. The Morgan fingerprint density at radius 1 is 1.13 bits per heavy atom. The standard InChI is InChI=1S/C24H20ClFN2O3/c1-2-31-19-10-5-16(6-11-19)24(30)28-14-22(29)27-21-12-7-17(25)13-20(21)23(28)15-3-8-18(26)9-4-15/h3-13,23H,2,14H2,1H3,(H,27,29)/t23-/m0/s1. The van der Waals surface area contributed by atoms with Crippen molar-refractivity contribution in [3.05, 3.63) is 94.3 Å². The quantitative estimate of drug-likeness (QED) is 0.619. The lowest BCUT2D eigenvalue weighted by molar-refractivity contribution is -0.117. The van der Waals surface area contributed by atoms with Gasteiger partial charge in [-0.2, -0.15) is 0 Å². The molecule has 1 heterocycles. The monoisotopic (exact) mass is 438 g/mol. The third kappa shape index (κ3) is 4.39. The van der Waals surface area contributed by atoms with Crippen LogP contribution >= 0.6 is 11.6 Å². The number of halogens is 2. The van der Waals surface area contributed by atoms with E-state index in [2.05, 4.69) is 5.32 Å². The molecular formula is C24H20ClFN2O3. The van der Waals surface area contributed by atoms with E-state index in [1.54, 1.807) is 54.6 Å². The molecule has 4 rings (SSSR count). The van der Waals surface area contributed by atoms with Gasteiger partial charge >= 0.3 is 0 Å². The van der Waals surface area contributed by atoms with Crippen LogP contribution in [-0.2, 0) is 4.79 Å². The van der Waals surface area contributed by atoms with E-state index in [4.69, 9.17) is 16.3 Å². The van der Waals surface area contributed by atoms with Gasteiger partial charge in [0, 0.05) is 21.8 Å². The summed E-state index contributed by atoms with van der Waals surface area (Å²) in [6.45, 7) is 2.23. The van der Waals surface area contributed by atoms with Crippen LogP contribution in [0.15, 0.2) is 66.7 Å². The van der Waals surface area contributed by atoms with Crippen molar-refractivity contribution in [3.8, 4) is 5.75 Å². The van der Waals surface area contributed by atoms with E-state index in [1.165, 1.54) is 17.0 Å². The van der Waals surface area contributed by atoms with E-state index < -0.39 is 6.04 Å². The number of benzene rings is 3. The van der Waals surface area contributed by atoms with Crippen LogP contribution in [0.1, 0.15) is 34.5 Å². The van der Waals surface area contributed by atoms with Gasteiger partial charge in [0.25, 0.3) is 5.91 Å². The van der Waals surface area contributed by atoms with Gasteiger partial charge in [-0.15, -0.1) is 0 Å². The van der Waals surface area contributed by atoms with E-state index in [0.29, 0.717) is 39.8 Å². The molecule has 1 N–H and O–H groups in total. The molecule has 1 aliphatic heterocycles. The van der Waals surface area contributed by atoms with Crippen LogP contribution in [0, 0.1) is 5.82 Å². The molecule has 158 valence electrons. The highest BCUT2D eigenvalue weighted by Crippen LogP contribution is 2.38. The summed E-state index contributed by atoms with van der Waals surface area (Å²) in [5.41, 5.74) is 2.30. The van der Waals surface area contributed by atoms with Crippen LogP contribution < -0.4 is 10.1 Å². The first-order valence-electron chi connectivity index (χ1n) is 9.85. The van der Waals surface area contributed by atoms with Crippen LogP contribution in [0.2, 0.25) is 5.02 Å². The highest BCUT2D eigenvalue weighted by atomic mass is 35.5. The van der Waals surface area contributed by atoms with Crippen molar-refractivity contribution in [2.45, 2.75) is 13.0 Å². The maximum absolute atomic E-state index is 13.6. The molecule has 2 amide bonds. The number of amides is 2. The molecule has 0 radical (unpaired) electrons. The first-order chi connectivity index (χ1) is 15.0. The molecule has 0 saturated heterocycles. The van der Waals surface area contributed by atoms with E-state index >= 15 is 0 Å². The van der Waals surface area contributed by atoms with Crippen LogP contribution in [0.25, 0.3) is 0 Å². The zero-order valence-corrected chi connectivity index (χ0v) is 17.5. The maximum Gasteiger partial charge on any atom is 0.255 e. The fourth-order valence-corrected chi connectivity index (χ4v) is 3.88. The average molecular weight is 439 g/mol. The van der Waals surface area contributed by atoms with E-state index in [-0.39, 0.29) is 24.2 Å². The maximum atomic E-state index is 13.6. The smallest absolute Gasteiger partial charge is 0.255 e. The Morgan fingerprint density at radius 3 is 2.52 bits per heavy atom. The van der Waals surface area contributed by atoms with Crippen LogP contribution in [0.4, 0.5) is 10.1 Å². The van der Waals surface area contributed by atoms with Crippen molar-refractivity contribution in [2.75, 3.05) is 18.5 Å². The number of carbonyl (C=O) groups excluding carboxylic acids is 2. The Balaban J connectivity index is 1.82. The fourth-order valence-electron chi connectivity index (χ4n) is 3.70. The number of rotatable bonds is 4. The summed E-state index contributed by atoms with van der Waals surface area (Å²) < 4.78 is 19.0. The summed E-state index contributed by atoms with van der Waals surface area (Å²) in [5, 5.41) is 3.31. The lowest BCUT2D eigenvalue weighted by Gasteiger charge is -2.30. The van der Waals surface area contributed by atoms with Gasteiger partial charge in [0.2, 0.25) is 5.91 Å². The molecule has 3 aromatic rings. The molecule has 1 aliphatic rings. The van der Waals surface area contributed by atoms with Crippen molar-refractivity contribution < 1.29 is 18.7 Å². The summed E-state index contributed by atoms with van der Waals surface area (Å²) >= 11 is 6.25. The molecule has 0 saturated carbocycles. The third-order valence-electron chi connectivity index (χ3n) is 5.07. The van der Waals surface area contributed by atoms with Gasteiger partial charge in [-0.3, -0.25) is 9.59 Å². The molecule has 1 atom stereocenters. The second kappa shape index (κ2) is 8.78. The molecule has 31 heavy (non-hydrogen) atoms. The van der Waals surface area contributed by atoms with Gasteiger partial charge in [-0.25, -0.2) is 4.39 Å². The minimum atomic E-state index is -0.632. The minimum absolute atomic E-state index is 0.166. The Labute approximate surface area is 184 Å². The molecule has 0 aromatic heterocycles. The Kier molecular flexibility index (Phi) is 5.91. The van der Waals surface area contributed by atoms with Gasteiger partial charge < -0.3 is 15.0 Å². The summed E-state index contributed by atoms with van der Waals surface area (Å²) in [7, 11) is 0. The number of nitrogens with zero attached hydrogens (tertiary/aromatic N) is 1. The summed E-state index contributed by atoms with van der Waals surface area (Å²) in [4.78, 5) is 27.6. The summed E-state index contributed by atoms with van der Waals surface area (Å²) in [5.74, 6) is -0.394. The number of hydrogen-bond donors (Lipinski definition) is 1. The number of fused-ring (bicyclic) bond motifs is 1. The zero-order valence-electron chi connectivity index (χ0n) is 16.8. The number of anilines is 1. The number of hydrogen-bond acceptors (Lipinski definition) is 3. The largest absolute Gasteiger partial charge is 0.494 e. The lowest BCUT2D eigenvalue weighted by atomic mass is 9.95. The van der Waals surface area contributed by atoms with Gasteiger partial charge in [0.05, 0.1) is 12.6 Å². The highest BCUT2D eigenvalue weighted by Gasteiger charge is 2.34. The minimum Gasteiger partial charge on any atom is -0.494 e. The summed E-state index contributed by atoms with van der Waals surface area (Å²) in [6, 6.07) is 17.1. The van der Waals surface area contributed by atoms with Crippen LogP contribution in [-0.4, -0.2) is 29.9 Å². The molecule has 0 bridgehead atoms. The SMILES string of the molecule is CCOc1ccc(C(=O)N2CC(=O)Nc3ccc(Cl)cc3[C@@H]2c2ccc(F)cc2)cc1. The van der Waals surface area contributed by atoms with E-state index in [0.717, 1.165) is 0 Å². The molecule has 0 aliphatic carbocycles. The number of ether oxygens (including phenoxy) is 1. The number of carbonyl (C=O) groups is 2. The van der Waals surface area contributed by atoms with Crippen LogP contribution in [0.3, 0.4) is 0 Å². The summed E-state index contributed by atoms with van der Waals surface area (Å²) in [6.07, 6.45) is 0. The molecule has 0 spiro atoms. The first-order valence-corrected chi connectivity index (χ1v) is 10.2. The lowest BCUT2D eigenvalue weighted by Crippen LogP contribution is -2.39. The molecule has 3 aromatic carbocycles. The normalized spacial score (nSPS) is 15.6. The second-order valence-corrected chi connectivity index (χ2v) is 7.56. The Morgan fingerprint density at radius 2 is 1.84 bits per heavy atom.